The molecular formula is C22H28N2O3S2. The van der Waals surface area contributed by atoms with Crippen molar-refractivity contribution in [3.05, 3.63) is 59.2 Å². The van der Waals surface area contributed by atoms with E-state index in [2.05, 4.69) is 36.5 Å². The number of aryl methyl sites for hydroxylation is 2. The quantitative estimate of drug-likeness (QED) is 0.527. The van der Waals surface area contributed by atoms with Crippen LogP contribution in [0.5, 0.6) is 0 Å². The van der Waals surface area contributed by atoms with Crippen LogP contribution >= 0.6 is 11.8 Å². The molecule has 0 aromatic heterocycles. The van der Waals surface area contributed by atoms with Crippen molar-refractivity contribution in [2.24, 2.45) is 0 Å². The lowest BCUT2D eigenvalue weighted by molar-refractivity contribution is 0.0954. The van der Waals surface area contributed by atoms with Gasteiger partial charge in [-0.05, 0) is 68.7 Å². The summed E-state index contributed by atoms with van der Waals surface area (Å²) in [5.74, 6) is 0.928. The molecule has 0 spiro atoms. The largest absolute Gasteiger partial charge is 0.352 e. The van der Waals surface area contributed by atoms with Crippen LogP contribution in [0.1, 0.15) is 40.7 Å². The molecule has 0 unspecified atom stereocenters. The third-order valence-corrected chi connectivity index (χ3v) is 7.94. The Labute approximate surface area is 177 Å². The molecule has 1 heterocycles. The van der Waals surface area contributed by atoms with E-state index in [1.807, 2.05) is 13.0 Å². The zero-order chi connectivity index (χ0) is 20.9. The number of carbonyl (C=O) groups is 1. The summed E-state index contributed by atoms with van der Waals surface area (Å²) in [6.07, 6.45) is 2.40. The summed E-state index contributed by atoms with van der Waals surface area (Å²) in [6.45, 7) is 5.01. The van der Waals surface area contributed by atoms with Gasteiger partial charge >= 0.3 is 0 Å². The van der Waals surface area contributed by atoms with E-state index in [1.165, 1.54) is 14.8 Å². The summed E-state index contributed by atoms with van der Waals surface area (Å²) in [5, 5.41) is 2.94. The number of benzene rings is 2. The fraction of sp³-hybridized carbons (Fsp3) is 0.409. The van der Waals surface area contributed by atoms with Crippen molar-refractivity contribution in [2.45, 2.75) is 38.0 Å². The number of nitrogens with one attached hydrogen (secondary N) is 1. The molecule has 1 saturated heterocycles. The molecule has 156 valence electrons. The van der Waals surface area contributed by atoms with Crippen LogP contribution in [0.3, 0.4) is 0 Å². The molecule has 0 radical (unpaired) electrons. The number of hydrogen-bond donors (Lipinski definition) is 1. The first kappa shape index (κ1) is 21.7. The van der Waals surface area contributed by atoms with Crippen LogP contribution in [0.4, 0.5) is 5.69 Å². The minimum atomic E-state index is -3.30. The summed E-state index contributed by atoms with van der Waals surface area (Å²) in [4.78, 5) is 13.8. The predicted octanol–water partition coefficient (Wildman–Crippen LogP) is 4.15. The molecule has 1 amide bonds. The molecule has 0 bridgehead atoms. The summed E-state index contributed by atoms with van der Waals surface area (Å²) < 4.78 is 26.3. The summed E-state index contributed by atoms with van der Waals surface area (Å²) in [6, 6.07) is 13.7. The third-order valence-electron chi connectivity index (χ3n) is 4.99. The van der Waals surface area contributed by atoms with Crippen LogP contribution in [0, 0.1) is 13.8 Å². The molecule has 1 fully saturated rings. The van der Waals surface area contributed by atoms with E-state index < -0.39 is 10.0 Å². The van der Waals surface area contributed by atoms with Gasteiger partial charge in [-0.25, -0.2) is 8.42 Å². The monoisotopic (exact) mass is 432 g/mol. The Bertz CT molecular complexity index is 957. The van der Waals surface area contributed by atoms with Crippen molar-refractivity contribution < 1.29 is 13.2 Å². The maximum atomic E-state index is 12.5. The van der Waals surface area contributed by atoms with Gasteiger partial charge < -0.3 is 5.32 Å². The van der Waals surface area contributed by atoms with E-state index in [9.17, 15) is 13.2 Å². The van der Waals surface area contributed by atoms with Crippen LogP contribution in [-0.2, 0) is 10.0 Å². The van der Waals surface area contributed by atoms with Gasteiger partial charge in [0.15, 0.2) is 0 Å². The number of nitrogens with zero attached hydrogens (tertiary/aromatic N) is 1. The lowest BCUT2D eigenvalue weighted by Gasteiger charge is -2.29. The number of hydrogen-bond acceptors (Lipinski definition) is 4. The van der Waals surface area contributed by atoms with E-state index in [-0.39, 0.29) is 11.7 Å². The van der Waals surface area contributed by atoms with Gasteiger partial charge in [0, 0.05) is 23.5 Å². The number of anilines is 1. The summed E-state index contributed by atoms with van der Waals surface area (Å²) >= 11 is 1.77. The van der Waals surface area contributed by atoms with Crippen LogP contribution in [0.15, 0.2) is 47.4 Å². The minimum absolute atomic E-state index is 0.166. The van der Waals surface area contributed by atoms with E-state index in [0.29, 0.717) is 30.8 Å². The number of sulfonamides is 1. The average molecular weight is 433 g/mol. The second kappa shape index (κ2) is 9.67. The normalized spacial score (nSPS) is 15.9. The van der Waals surface area contributed by atoms with Gasteiger partial charge in [-0.2, -0.15) is 0 Å². The Morgan fingerprint density at radius 2 is 1.86 bits per heavy atom. The van der Waals surface area contributed by atoms with E-state index in [0.717, 1.165) is 24.2 Å². The molecule has 2 aromatic rings. The second-order valence-corrected chi connectivity index (χ2v) is 10.5. The predicted molar refractivity (Wildman–Crippen MR) is 120 cm³/mol. The van der Waals surface area contributed by atoms with Crippen molar-refractivity contribution in [3.8, 4) is 0 Å². The molecule has 1 aliphatic heterocycles. The fourth-order valence-corrected chi connectivity index (χ4v) is 5.83. The Morgan fingerprint density at radius 3 is 2.59 bits per heavy atom. The highest BCUT2D eigenvalue weighted by Gasteiger charge is 2.27. The van der Waals surface area contributed by atoms with Crippen molar-refractivity contribution in [1.82, 2.24) is 5.32 Å². The highest BCUT2D eigenvalue weighted by molar-refractivity contribution is 7.99. The van der Waals surface area contributed by atoms with Crippen molar-refractivity contribution in [2.75, 3.05) is 28.9 Å². The van der Waals surface area contributed by atoms with Crippen molar-refractivity contribution in [1.29, 1.82) is 0 Å². The molecule has 29 heavy (non-hydrogen) atoms. The number of amides is 1. The molecule has 0 atom stereocenters. The van der Waals surface area contributed by atoms with Gasteiger partial charge in [0.1, 0.15) is 0 Å². The van der Waals surface area contributed by atoms with Gasteiger partial charge in [0.05, 0.1) is 11.4 Å². The lowest BCUT2D eigenvalue weighted by Crippen LogP contribution is -2.38. The van der Waals surface area contributed by atoms with Gasteiger partial charge in [-0.15, -0.1) is 11.8 Å². The molecule has 2 aromatic carbocycles. The zero-order valence-electron chi connectivity index (χ0n) is 17.0. The van der Waals surface area contributed by atoms with Gasteiger partial charge in [0.25, 0.3) is 5.91 Å². The first-order valence-corrected chi connectivity index (χ1v) is 12.5. The van der Waals surface area contributed by atoms with E-state index in [1.54, 1.807) is 23.9 Å². The molecule has 1 N–H and O–H groups in total. The molecule has 0 aliphatic carbocycles. The van der Waals surface area contributed by atoms with Crippen LogP contribution in [0.2, 0.25) is 0 Å². The molecule has 3 rings (SSSR count). The Morgan fingerprint density at radius 1 is 1.10 bits per heavy atom. The summed E-state index contributed by atoms with van der Waals surface area (Å²) in [7, 11) is -3.30. The molecular weight excluding hydrogens is 404 g/mol. The average Bonchev–Trinajstić information content (AvgIpc) is 2.69. The maximum absolute atomic E-state index is 12.5. The highest BCUT2D eigenvalue weighted by Crippen LogP contribution is 2.28. The number of rotatable bonds is 7. The molecule has 1 aliphatic rings. The van der Waals surface area contributed by atoms with Crippen LogP contribution in [-0.4, -0.2) is 38.9 Å². The first-order valence-electron chi connectivity index (χ1n) is 9.95. The molecule has 5 nitrogen and oxygen atoms in total. The first-order chi connectivity index (χ1) is 13.9. The van der Waals surface area contributed by atoms with Gasteiger partial charge in [-0.3, -0.25) is 9.10 Å². The minimum Gasteiger partial charge on any atom is -0.352 e. The SMILES string of the molecule is Cc1ccc(SCCCNC(=O)c2ccc(C)c(N3CCCCS3(=O)=O)c2)cc1. The Balaban J connectivity index is 1.55. The number of carbonyl (C=O) groups excluding carboxylic acids is 1. The third kappa shape index (κ3) is 5.76. The Hall–Kier alpha value is -1.99. The summed E-state index contributed by atoms with van der Waals surface area (Å²) in [5.41, 5.74) is 3.22. The lowest BCUT2D eigenvalue weighted by atomic mass is 10.1. The standard InChI is InChI=1S/C22H28N2O3S2/c1-17-6-10-20(11-7-17)28-14-5-12-23-22(25)19-9-8-18(2)21(16-19)24-13-3-4-15-29(24,26)27/h6-11,16H,3-5,12-15H2,1-2H3,(H,23,25). The van der Waals surface area contributed by atoms with Crippen LogP contribution < -0.4 is 9.62 Å². The van der Waals surface area contributed by atoms with Crippen molar-refractivity contribution in [3.63, 3.8) is 0 Å². The number of thioether (sulfide) groups is 1. The van der Waals surface area contributed by atoms with Crippen LogP contribution in [0.25, 0.3) is 0 Å². The van der Waals surface area contributed by atoms with E-state index in [4.69, 9.17) is 0 Å². The molecule has 0 saturated carbocycles. The maximum Gasteiger partial charge on any atom is 0.251 e. The van der Waals surface area contributed by atoms with Gasteiger partial charge in [0.2, 0.25) is 10.0 Å². The topological polar surface area (TPSA) is 66.5 Å². The second-order valence-electron chi connectivity index (χ2n) is 7.37. The van der Waals surface area contributed by atoms with E-state index >= 15 is 0 Å². The zero-order valence-corrected chi connectivity index (χ0v) is 18.6. The highest BCUT2D eigenvalue weighted by atomic mass is 32.2. The molecule has 7 heteroatoms. The fourth-order valence-electron chi connectivity index (χ4n) is 3.28. The van der Waals surface area contributed by atoms with Crippen molar-refractivity contribution >= 4 is 33.4 Å². The van der Waals surface area contributed by atoms with Gasteiger partial charge in [-0.1, -0.05) is 23.8 Å². The Kier molecular flexibility index (Phi) is 7.24. The smallest absolute Gasteiger partial charge is 0.251 e.